The molecule has 0 atom stereocenters. The number of aromatic nitrogens is 2. The number of hydrogen-bond acceptors (Lipinski definition) is 2. The predicted octanol–water partition coefficient (Wildman–Crippen LogP) is 1.57. The molecule has 0 radical (unpaired) electrons. The standard InChI is InChI=1S/C10H13N3.ClH/c1-8-9(5-6-11)13-7-3-2-4-10(13)12-8;/h2-4,7H,5-6,11H2,1H3;1H. The normalized spacial score (nSPS) is 10.1. The highest BCUT2D eigenvalue weighted by atomic mass is 35.5. The first-order valence-electron chi connectivity index (χ1n) is 4.45. The summed E-state index contributed by atoms with van der Waals surface area (Å²) in [5.74, 6) is 0. The van der Waals surface area contributed by atoms with Gasteiger partial charge in [-0.05, 0) is 25.6 Å². The van der Waals surface area contributed by atoms with Crippen molar-refractivity contribution >= 4 is 18.1 Å². The summed E-state index contributed by atoms with van der Waals surface area (Å²) in [6, 6.07) is 6.01. The van der Waals surface area contributed by atoms with E-state index in [0.717, 1.165) is 17.8 Å². The second-order valence-corrected chi connectivity index (χ2v) is 3.11. The third kappa shape index (κ3) is 1.74. The van der Waals surface area contributed by atoms with Crippen LogP contribution in [0.4, 0.5) is 0 Å². The molecule has 2 aromatic heterocycles. The Hall–Kier alpha value is -1.06. The molecule has 0 aromatic carbocycles. The number of nitrogens with two attached hydrogens (primary N) is 1. The Kier molecular flexibility index (Phi) is 3.49. The Bertz CT molecular complexity index is 422. The molecule has 76 valence electrons. The number of rotatable bonds is 2. The zero-order valence-corrected chi connectivity index (χ0v) is 8.92. The lowest BCUT2D eigenvalue weighted by molar-refractivity contribution is 0.893. The third-order valence-corrected chi connectivity index (χ3v) is 2.21. The van der Waals surface area contributed by atoms with Crippen LogP contribution in [0.1, 0.15) is 11.4 Å². The summed E-state index contributed by atoms with van der Waals surface area (Å²) >= 11 is 0. The minimum Gasteiger partial charge on any atom is -0.330 e. The number of halogens is 1. The maximum atomic E-state index is 5.54. The van der Waals surface area contributed by atoms with Crippen molar-refractivity contribution in [1.82, 2.24) is 9.38 Å². The van der Waals surface area contributed by atoms with E-state index in [2.05, 4.69) is 9.38 Å². The SMILES string of the molecule is Cc1nc2ccccn2c1CCN.Cl. The Morgan fingerprint density at radius 3 is 2.93 bits per heavy atom. The fourth-order valence-corrected chi connectivity index (χ4v) is 1.60. The summed E-state index contributed by atoms with van der Waals surface area (Å²) in [4.78, 5) is 4.44. The van der Waals surface area contributed by atoms with Gasteiger partial charge in [-0.25, -0.2) is 4.98 Å². The van der Waals surface area contributed by atoms with Crippen molar-refractivity contribution in [3.05, 3.63) is 35.8 Å². The highest BCUT2D eigenvalue weighted by molar-refractivity contribution is 5.85. The molecule has 0 unspecified atom stereocenters. The Morgan fingerprint density at radius 1 is 1.43 bits per heavy atom. The molecular formula is C10H14ClN3. The Morgan fingerprint density at radius 2 is 2.21 bits per heavy atom. The first-order chi connectivity index (χ1) is 6.33. The fraction of sp³-hybridized carbons (Fsp3) is 0.300. The Balaban J connectivity index is 0.000000980. The summed E-state index contributed by atoms with van der Waals surface area (Å²) in [6.45, 7) is 2.70. The molecule has 4 heteroatoms. The molecule has 2 N–H and O–H groups in total. The van der Waals surface area contributed by atoms with Gasteiger partial charge in [0.15, 0.2) is 0 Å². The van der Waals surface area contributed by atoms with Gasteiger partial charge in [0.05, 0.1) is 5.69 Å². The molecule has 0 fully saturated rings. The molecule has 0 spiro atoms. The molecule has 3 nitrogen and oxygen atoms in total. The van der Waals surface area contributed by atoms with Crippen LogP contribution in [0.2, 0.25) is 0 Å². The summed E-state index contributed by atoms with van der Waals surface area (Å²) in [7, 11) is 0. The molecule has 2 heterocycles. The van der Waals surface area contributed by atoms with Crippen LogP contribution in [0, 0.1) is 6.92 Å². The van der Waals surface area contributed by atoms with Gasteiger partial charge in [0.1, 0.15) is 5.65 Å². The lowest BCUT2D eigenvalue weighted by Crippen LogP contribution is -2.06. The van der Waals surface area contributed by atoms with E-state index in [0.29, 0.717) is 6.54 Å². The molecule has 0 bridgehead atoms. The Labute approximate surface area is 89.4 Å². The smallest absolute Gasteiger partial charge is 0.137 e. The van der Waals surface area contributed by atoms with Crippen LogP contribution < -0.4 is 5.73 Å². The zero-order valence-electron chi connectivity index (χ0n) is 8.10. The van der Waals surface area contributed by atoms with Crippen LogP contribution in [0.15, 0.2) is 24.4 Å². The average Bonchev–Trinajstić information content (AvgIpc) is 2.44. The summed E-state index contributed by atoms with van der Waals surface area (Å²) in [5, 5.41) is 0. The lowest BCUT2D eigenvalue weighted by Gasteiger charge is -1.99. The van der Waals surface area contributed by atoms with E-state index in [9.17, 15) is 0 Å². The number of imidazole rings is 1. The summed E-state index contributed by atoms with van der Waals surface area (Å²) in [6.07, 6.45) is 2.91. The summed E-state index contributed by atoms with van der Waals surface area (Å²) < 4.78 is 2.10. The van der Waals surface area contributed by atoms with Crippen molar-refractivity contribution in [1.29, 1.82) is 0 Å². The topological polar surface area (TPSA) is 43.3 Å². The molecule has 0 saturated carbocycles. The molecule has 0 aliphatic carbocycles. The van der Waals surface area contributed by atoms with Crippen molar-refractivity contribution in [2.75, 3.05) is 6.54 Å². The van der Waals surface area contributed by atoms with Gasteiger partial charge in [0, 0.05) is 18.3 Å². The molecule has 0 aliphatic rings. The van der Waals surface area contributed by atoms with Crippen LogP contribution in [0.5, 0.6) is 0 Å². The molecule has 14 heavy (non-hydrogen) atoms. The minimum absolute atomic E-state index is 0. The summed E-state index contributed by atoms with van der Waals surface area (Å²) in [5.41, 5.74) is 8.84. The molecule has 0 aliphatic heterocycles. The van der Waals surface area contributed by atoms with Crippen LogP contribution >= 0.6 is 12.4 Å². The van der Waals surface area contributed by atoms with Crippen LogP contribution in [-0.4, -0.2) is 15.9 Å². The first kappa shape index (κ1) is 11.0. The van der Waals surface area contributed by atoms with E-state index in [1.165, 1.54) is 5.69 Å². The monoisotopic (exact) mass is 211 g/mol. The molecule has 2 aromatic rings. The average molecular weight is 212 g/mol. The van der Waals surface area contributed by atoms with Crippen LogP contribution in [0.3, 0.4) is 0 Å². The fourth-order valence-electron chi connectivity index (χ4n) is 1.60. The molecule has 0 saturated heterocycles. The van der Waals surface area contributed by atoms with Gasteiger partial charge < -0.3 is 10.1 Å². The number of hydrogen-bond donors (Lipinski definition) is 1. The maximum Gasteiger partial charge on any atom is 0.137 e. The van der Waals surface area contributed by atoms with Crippen molar-refractivity contribution in [3.8, 4) is 0 Å². The third-order valence-electron chi connectivity index (χ3n) is 2.21. The van der Waals surface area contributed by atoms with Gasteiger partial charge in [-0.15, -0.1) is 12.4 Å². The van der Waals surface area contributed by atoms with Crippen LogP contribution in [0.25, 0.3) is 5.65 Å². The predicted molar refractivity (Wildman–Crippen MR) is 59.9 cm³/mol. The second-order valence-electron chi connectivity index (χ2n) is 3.11. The number of fused-ring (bicyclic) bond motifs is 1. The van der Waals surface area contributed by atoms with Gasteiger partial charge in [-0.1, -0.05) is 6.07 Å². The number of nitrogens with zero attached hydrogens (tertiary/aromatic N) is 2. The molecule has 2 rings (SSSR count). The minimum atomic E-state index is 0. The van der Waals surface area contributed by atoms with Crippen molar-refractivity contribution in [2.45, 2.75) is 13.3 Å². The highest BCUT2D eigenvalue weighted by Gasteiger charge is 2.05. The van der Waals surface area contributed by atoms with Gasteiger partial charge >= 0.3 is 0 Å². The lowest BCUT2D eigenvalue weighted by atomic mass is 10.2. The number of aryl methyl sites for hydroxylation is 1. The van der Waals surface area contributed by atoms with E-state index in [4.69, 9.17) is 5.73 Å². The number of pyridine rings is 1. The van der Waals surface area contributed by atoms with Crippen LogP contribution in [-0.2, 0) is 6.42 Å². The molecule has 0 amide bonds. The van der Waals surface area contributed by atoms with Gasteiger partial charge in [0.25, 0.3) is 0 Å². The van der Waals surface area contributed by atoms with E-state index < -0.39 is 0 Å². The zero-order chi connectivity index (χ0) is 9.26. The van der Waals surface area contributed by atoms with E-state index in [1.807, 2.05) is 31.3 Å². The quantitative estimate of drug-likeness (QED) is 0.820. The molecular weight excluding hydrogens is 198 g/mol. The highest BCUT2D eigenvalue weighted by Crippen LogP contribution is 2.11. The van der Waals surface area contributed by atoms with E-state index >= 15 is 0 Å². The van der Waals surface area contributed by atoms with Crippen molar-refractivity contribution in [2.24, 2.45) is 5.73 Å². The van der Waals surface area contributed by atoms with Gasteiger partial charge in [0.2, 0.25) is 0 Å². The maximum absolute atomic E-state index is 5.54. The van der Waals surface area contributed by atoms with Gasteiger partial charge in [-0.3, -0.25) is 0 Å². The van der Waals surface area contributed by atoms with E-state index in [-0.39, 0.29) is 12.4 Å². The van der Waals surface area contributed by atoms with E-state index in [1.54, 1.807) is 0 Å². The second kappa shape index (κ2) is 4.44. The first-order valence-corrected chi connectivity index (χ1v) is 4.45. The van der Waals surface area contributed by atoms with Crippen molar-refractivity contribution < 1.29 is 0 Å². The van der Waals surface area contributed by atoms with Crippen molar-refractivity contribution in [3.63, 3.8) is 0 Å². The largest absolute Gasteiger partial charge is 0.330 e. The van der Waals surface area contributed by atoms with Gasteiger partial charge in [-0.2, -0.15) is 0 Å².